The highest BCUT2D eigenvalue weighted by Crippen LogP contribution is 2.37. The fourth-order valence-electron chi connectivity index (χ4n) is 4.44. The fourth-order valence-corrected chi connectivity index (χ4v) is 4.44. The largest absolute Gasteiger partial charge is 0.378 e. The molecule has 7 heteroatoms. The molecule has 3 heterocycles. The average Bonchev–Trinajstić information content (AvgIpc) is 3.26. The van der Waals surface area contributed by atoms with Crippen molar-refractivity contribution in [3.8, 4) is 0 Å². The molecule has 2 N–H and O–H groups in total. The van der Waals surface area contributed by atoms with Gasteiger partial charge in [0.05, 0.1) is 30.1 Å². The number of rotatable bonds is 4. The molecule has 2 aliphatic heterocycles. The van der Waals surface area contributed by atoms with Crippen LogP contribution in [0.25, 0.3) is 11.0 Å². The third-order valence-corrected chi connectivity index (χ3v) is 6.00. The first-order valence-corrected chi connectivity index (χ1v) is 11.8. The number of ether oxygens (including phenoxy) is 1. The smallest absolute Gasteiger partial charge is 0.205 e. The van der Waals surface area contributed by atoms with Crippen LogP contribution in [-0.4, -0.2) is 49.4 Å². The first-order valence-electron chi connectivity index (χ1n) is 11.8. The molecule has 0 spiro atoms. The molecule has 2 aliphatic rings. The number of aromatic amines is 1. The highest BCUT2D eigenvalue weighted by Gasteiger charge is 2.25. The second kappa shape index (κ2) is 10.2. The van der Waals surface area contributed by atoms with Crippen molar-refractivity contribution in [2.24, 2.45) is 0 Å². The van der Waals surface area contributed by atoms with E-state index in [4.69, 9.17) is 4.74 Å². The normalized spacial score (nSPS) is 16.6. The van der Waals surface area contributed by atoms with Crippen LogP contribution in [0, 0.1) is 12.7 Å². The number of morpholine rings is 1. The molecule has 1 aromatic heterocycles. The molecule has 3 aromatic rings. The van der Waals surface area contributed by atoms with Gasteiger partial charge in [0.2, 0.25) is 5.95 Å². The van der Waals surface area contributed by atoms with Crippen molar-refractivity contribution in [1.82, 2.24) is 9.97 Å². The number of benzene rings is 2. The summed E-state index contributed by atoms with van der Waals surface area (Å²) in [5.41, 5.74) is 4.92. The zero-order valence-corrected chi connectivity index (χ0v) is 19.4. The molecule has 172 valence electrons. The van der Waals surface area contributed by atoms with Crippen molar-refractivity contribution in [2.45, 2.75) is 40.0 Å². The van der Waals surface area contributed by atoms with Gasteiger partial charge in [0.15, 0.2) is 5.82 Å². The van der Waals surface area contributed by atoms with Crippen molar-refractivity contribution in [3.05, 3.63) is 41.7 Å². The number of anilines is 4. The molecule has 32 heavy (non-hydrogen) atoms. The average molecular weight is 440 g/mol. The van der Waals surface area contributed by atoms with E-state index in [0.717, 1.165) is 48.4 Å². The molecule has 6 nitrogen and oxygen atoms in total. The first-order chi connectivity index (χ1) is 15.7. The van der Waals surface area contributed by atoms with Crippen LogP contribution in [0.4, 0.5) is 27.4 Å². The molecule has 0 amide bonds. The maximum absolute atomic E-state index is 15.6. The third kappa shape index (κ3) is 4.67. The molecule has 0 atom stereocenters. The van der Waals surface area contributed by atoms with Crippen LogP contribution >= 0.6 is 0 Å². The first kappa shape index (κ1) is 22.4. The summed E-state index contributed by atoms with van der Waals surface area (Å²) in [5.74, 6) is 0.299. The number of hydrogen-bond acceptors (Lipinski definition) is 5. The maximum Gasteiger partial charge on any atom is 0.205 e. The highest BCUT2D eigenvalue weighted by atomic mass is 19.1. The number of nitrogens with one attached hydrogen (secondary N) is 2. The molecular formula is C25H34FN5O. The van der Waals surface area contributed by atoms with Crippen LogP contribution in [0.5, 0.6) is 0 Å². The number of hydrogen-bond donors (Lipinski definition) is 2. The Labute approximate surface area is 189 Å². The Kier molecular flexibility index (Phi) is 7.15. The van der Waals surface area contributed by atoms with Crippen LogP contribution in [0.3, 0.4) is 0 Å². The summed E-state index contributed by atoms with van der Waals surface area (Å²) in [6.07, 6.45) is 3.57. The van der Waals surface area contributed by atoms with Gasteiger partial charge < -0.3 is 24.8 Å². The molecule has 0 saturated carbocycles. The standard InChI is InChI=1S/C23H28FN5O.C2H6/c1-16-6-5-7-17(14-16)25-23-26-21-19(28-8-3-2-4-9-28)15-18(20(24)22(21)27-23)29-10-12-30-13-11-29;1-2/h5-7,14-15H,2-4,8-13H2,1H3,(H2,25,26,27);1-2H3. The Morgan fingerprint density at radius 1 is 0.969 bits per heavy atom. The van der Waals surface area contributed by atoms with Gasteiger partial charge in [-0.1, -0.05) is 26.0 Å². The van der Waals surface area contributed by atoms with Gasteiger partial charge in [0.25, 0.3) is 0 Å². The highest BCUT2D eigenvalue weighted by molar-refractivity contribution is 5.95. The Balaban J connectivity index is 0.00000119. The topological polar surface area (TPSA) is 56.4 Å². The molecule has 2 saturated heterocycles. The van der Waals surface area contributed by atoms with E-state index < -0.39 is 0 Å². The summed E-state index contributed by atoms with van der Waals surface area (Å²) in [5, 5.41) is 3.31. The quantitative estimate of drug-likeness (QED) is 0.554. The van der Waals surface area contributed by atoms with E-state index in [1.165, 1.54) is 6.42 Å². The Hall–Kier alpha value is -2.80. The lowest BCUT2D eigenvalue weighted by Gasteiger charge is -2.33. The van der Waals surface area contributed by atoms with Gasteiger partial charge in [-0.25, -0.2) is 9.37 Å². The Bertz CT molecular complexity index is 1040. The van der Waals surface area contributed by atoms with Gasteiger partial charge in [0.1, 0.15) is 5.52 Å². The summed E-state index contributed by atoms with van der Waals surface area (Å²) in [6, 6.07) is 10.1. The summed E-state index contributed by atoms with van der Waals surface area (Å²) >= 11 is 0. The number of aromatic nitrogens is 2. The zero-order valence-electron chi connectivity index (χ0n) is 19.4. The van der Waals surface area contributed by atoms with E-state index in [1.54, 1.807) is 0 Å². The Morgan fingerprint density at radius 3 is 2.41 bits per heavy atom. The SMILES string of the molecule is CC.Cc1cccc(Nc2nc3c(F)c(N4CCOCC4)cc(N4CCCCC4)c3[nH]2)c1. The van der Waals surface area contributed by atoms with Crippen LogP contribution < -0.4 is 15.1 Å². The number of aryl methyl sites for hydroxylation is 1. The molecule has 0 unspecified atom stereocenters. The van der Waals surface area contributed by atoms with Gasteiger partial charge in [-0.05, 0) is 49.9 Å². The number of fused-ring (bicyclic) bond motifs is 1. The van der Waals surface area contributed by atoms with Gasteiger partial charge in [-0.2, -0.15) is 0 Å². The van der Waals surface area contributed by atoms with Crippen LogP contribution in [0.2, 0.25) is 0 Å². The van der Waals surface area contributed by atoms with Crippen LogP contribution in [0.1, 0.15) is 38.7 Å². The minimum atomic E-state index is -0.263. The van der Waals surface area contributed by atoms with Gasteiger partial charge in [-0.15, -0.1) is 0 Å². The lowest BCUT2D eigenvalue weighted by Crippen LogP contribution is -2.37. The monoisotopic (exact) mass is 439 g/mol. The van der Waals surface area contributed by atoms with Crippen LogP contribution in [0.15, 0.2) is 30.3 Å². The molecular weight excluding hydrogens is 405 g/mol. The molecule has 0 radical (unpaired) electrons. The number of piperidine rings is 1. The van der Waals surface area contributed by atoms with Crippen LogP contribution in [-0.2, 0) is 4.74 Å². The molecule has 0 aliphatic carbocycles. The minimum absolute atomic E-state index is 0.263. The van der Waals surface area contributed by atoms with Crippen molar-refractivity contribution in [3.63, 3.8) is 0 Å². The molecule has 5 rings (SSSR count). The van der Waals surface area contributed by atoms with E-state index in [0.29, 0.717) is 43.5 Å². The second-order valence-electron chi connectivity index (χ2n) is 8.18. The van der Waals surface area contributed by atoms with Crippen molar-refractivity contribution in [2.75, 3.05) is 54.5 Å². The van der Waals surface area contributed by atoms with E-state index in [-0.39, 0.29) is 5.82 Å². The van der Waals surface area contributed by atoms with E-state index >= 15 is 4.39 Å². The summed E-state index contributed by atoms with van der Waals surface area (Å²) in [6.45, 7) is 10.7. The van der Waals surface area contributed by atoms with Gasteiger partial charge in [0, 0.05) is 31.9 Å². The summed E-state index contributed by atoms with van der Waals surface area (Å²) < 4.78 is 21.1. The molecule has 2 aromatic carbocycles. The van der Waals surface area contributed by atoms with E-state index in [9.17, 15) is 0 Å². The maximum atomic E-state index is 15.6. The lowest BCUT2D eigenvalue weighted by atomic mass is 10.1. The third-order valence-electron chi connectivity index (χ3n) is 6.00. The van der Waals surface area contributed by atoms with Crippen molar-refractivity contribution >= 4 is 34.0 Å². The second-order valence-corrected chi connectivity index (χ2v) is 8.18. The van der Waals surface area contributed by atoms with Crippen molar-refractivity contribution < 1.29 is 9.13 Å². The molecule has 0 bridgehead atoms. The number of imidazole rings is 1. The predicted molar refractivity (Wildman–Crippen MR) is 131 cm³/mol. The predicted octanol–water partition coefficient (Wildman–Crippen LogP) is 5.61. The van der Waals surface area contributed by atoms with Gasteiger partial charge >= 0.3 is 0 Å². The number of nitrogens with zero attached hydrogens (tertiary/aromatic N) is 3. The van der Waals surface area contributed by atoms with Gasteiger partial charge in [-0.3, -0.25) is 0 Å². The molecule has 2 fully saturated rings. The van der Waals surface area contributed by atoms with Crippen molar-refractivity contribution in [1.29, 1.82) is 0 Å². The van der Waals surface area contributed by atoms with E-state index in [1.807, 2.05) is 51.1 Å². The zero-order chi connectivity index (χ0) is 22.5. The number of H-pyrrole nitrogens is 1. The number of halogens is 1. The minimum Gasteiger partial charge on any atom is -0.378 e. The Morgan fingerprint density at radius 2 is 1.69 bits per heavy atom. The van der Waals surface area contributed by atoms with E-state index in [2.05, 4.69) is 25.1 Å². The fraction of sp³-hybridized carbons (Fsp3) is 0.480. The summed E-state index contributed by atoms with van der Waals surface area (Å²) in [7, 11) is 0. The lowest BCUT2D eigenvalue weighted by molar-refractivity contribution is 0.122. The summed E-state index contributed by atoms with van der Waals surface area (Å²) in [4.78, 5) is 12.4.